The predicted molar refractivity (Wildman–Crippen MR) is 110 cm³/mol. The lowest BCUT2D eigenvalue weighted by Crippen LogP contribution is -2.21. The molecule has 1 aromatic rings. The fraction of sp³-hybridized carbons (Fsp3) is 0.696. The van der Waals surface area contributed by atoms with Gasteiger partial charge < -0.3 is 4.84 Å². The Balaban J connectivity index is 1.76. The van der Waals surface area contributed by atoms with Gasteiger partial charge in [-0.05, 0) is 18.6 Å². The Morgan fingerprint density at radius 3 is 1.69 bits per heavy atom. The lowest BCUT2D eigenvalue weighted by Gasteiger charge is -2.06. The van der Waals surface area contributed by atoms with Crippen molar-refractivity contribution in [3.63, 3.8) is 0 Å². The minimum Gasteiger partial charge on any atom is -0.367 e. The van der Waals surface area contributed by atoms with E-state index in [4.69, 9.17) is 4.84 Å². The van der Waals surface area contributed by atoms with Gasteiger partial charge in [0.1, 0.15) is 0 Å². The number of hydroxylamine groups is 1. The minimum absolute atomic E-state index is 0.309. The van der Waals surface area contributed by atoms with Gasteiger partial charge in [0.2, 0.25) is 0 Å². The highest BCUT2D eigenvalue weighted by Crippen LogP contribution is 2.12. The van der Waals surface area contributed by atoms with Gasteiger partial charge in [-0.25, -0.2) is 4.79 Å². The summed E-state index contributed by atoms with van der Waals surface area (Å²) in [6, 6.07) is 9.08. The van der Waals surface area contributed by atoms with Gasteiger partial charge in [-0.15, -0.1) is 0 Å². The Hall–Kier alpha value is -1.35. The molecule has 0 unspecified atom stereocenters. The van der Waals surface area contributed by atoms with Crippen molar-refractivity contribution in [1.82, 2.24) is 5.48 Å². The molecule has 1 rings (SSSR count). The Labute approximate surface area is 160 Å². The summed E-state index contributed by atoms with van der Waals surface area (Å²) in [5.74, 6) is -0.309. The first kappa shape index (κ1) is 22.7. The molecule has 0 bridgehead atoms. The molecule has 0 aliphatic carbocycles. The fourth-order valence-corrected chi connectivity index (χ4v) is 3.14. The zero-order chi connectivity index (χ0) is 18.7. The highest BCUT2D eigenvalue weighted by Gasteiger charge is 2.05. The van der Waals surface area contributed by atoms with E-state index in [-0.39, 0.29) is 5.97 Å². The van der Waals surface area contributed by atoms with Crippen LogP contribution in [0.25, 0.3) is 0 Å². The van der Waals surface area contributed by atoms with Crippen molar-refractivity contribution >= 4 is 5.97 Å². The number of hydrogen-bond donors (Lipinski definition) is 1. The molecule has 3 heteroatoms. The van der Waals surface area contributed by atoms with Crippen LogP contribution in [0.15, 0.2) is 30.3 Å². The molecular formula is C23H39NO2. The SMILES string of the molecule is CCCCCCCCCCCCCCCCNOC(=O)c1ccccc1. The number of benzene rings is 1. The zero-order valence-electron chi connectivity index (χ0n) is 16.8. The van der Waals surface area contributed by atoms with E-state index in [1.807, 2.05) is 18.2 Å². The summed E-state index contributed by atoms with van der Waals surface area (Å²) in [4.78, 5) is 16.8. The van der Waals surface area contributed by atoms with Crippen LogP contribution in [-0.4, -0.2) is 12.5 Å². The predicted octanol–water partition coefficient (Wildman–Crippen LogP) is 6.83. The maximum absolute atomic E-state index is 11.7. The summed E-state index contributed by atoms with van der Waals surface area (Å²) in [5.41, 5.74) is 3.36. The first-order valence-electron chi connectivity index (χ1n) is 10.8. The largest absolute Gasteiger partial charge is 0.367 e. The summed E-state index contributed by atoms with van der Waals surface area (Å²) in [6.45, 7) is 3.01. The second-order valence-electron chi connectivity index (χ2n) is 7.25. The van der Waals surface area contributed by atoms with Gasteiger partial charge in [0, 0.05) is 6.54 Å². The van der Waals surface area contributed by atoms with Gasteiger partial charge in [0.25, 0.3) is 0 Å². The number of carbonyl (C=O) groups excluding carboxylic acids is 1. The van der Waals surface area contributed by atoms with E-state index >= 15 is 0 Å². The number of rotatable bonds is 17. The smallest absolute Gasteiger partial charge is 0.356 e. The maximum atomic E-state index is 11.7. The molecule has 1 N–H and O–H groups in total. The maximum Gasteiger partial charge on any atom is 0.356 e. The van der Waals surface area contributed by atoms with E-state index in [0.29, 0.717) is 5.56 Å². The van der Waals surface area contributed by atoms with Gasteiger partial charge in [-0.3, -0.25) is 0 Å². The van der Waals surface area contributed by atoms with Crippen LogP contribution < -0.4 is 5.48 Å². The molecule has 0 spiro atoms. The van der Waals surface area contributed by atoms with Gasteiger partial charge >= 0.3 is 5.97 Å². The number of hydrogen-bond acceptors (Lipinski definition) is 3. The monoisotopic (exact) mass is 361 g/mol. The number of nitrogens with one attached hydrogen (secondary N) is 1. The molecule has 3 nitrogen and oxygen atoms in total. The van der Waals surface area contributed by atoms with Crippen LogP contribution in [0.5, 0.6) is 0 Å². The van der Waals surface area contributed by atoms with E-state index < -0.39 is 0 Å². The Morgan fingerprint density at radius 1 is 0.731 bits per heavy atom. The van der Waals surface area contributed by atoms with Crippen LogP contribution in [0.2, 0.25) is 0 Å². The standard InChI is InChI=1S/C23H39NO2/c1-2-3-4-5-6-7-8-9-10-11-12-13-14-18-21-24-26-23(25)22-19-16-15-17-20-22/h15-17,19-20,24H,2-14,18,21H2,1H3. The lowest BCUT2D eigenvalue weighted by molar-refractivity contribution is 0.0251. The summed E-state index contributed by atoms with van der Waals surface area (Å²) >= 11 is 0. The molecule has 0 aliphatic heterocycles. The van der Waals surface area contributed by atoms with Crippen molar-refractivity contribution in [2.75, 3.05) is 6.54 Å². The van der Waals surface area contributed by atoms with Crippen LogP contribution in [0.4, 0.5) is 0 Å². The molecule has 0 radical (unpaired) electrons. The summed E-state index contributed by atoms with van der Waals surface area (Å²) in [5, 5.41) is 0. The molecule has 26 heavy (non-hydrogen) atoms. The lowest BCUT2D eigenvalue weighted by atomic mass is 10.0. The highest BCUT2D eigenvalue weighted by atomic mass is 16.7. The van der Waals surface area contributed by atoms with Crippen LogP contribution in [0.1, 0.15) is 107 Å². The van der Waals surface area contributed by atoms with Crippen LogP contribution in [-0.2, 0) is 4.84 Å². The van der Waals surface area contributed by atoms with E-state index in [9.17, 15) is 4.79 Å². The molecule has 0 aromatic heterocycles. The van der Waals surface area contributed by atoms with Crippen molar-refractivity contribution in [3.05, 3.63) is 35.9 Å². The van der Waals surface area contributed by atoms with Crippen LogP contribution in [0.3, 0.4) is 0 Å². The van der Waals surface area contributed by atoms with E-state index in [0.717, 1.165) is 13.0 Å². The quantitative estimate of drug-likeness (QED) is 0.244. The molecule has 0 heterocycles. The molecule has 0 saturated carbocycles. The van der Waals surface area contributed by atoms with Crippen molar-refractivity contribution < 1.29 is 9.63 Å². The Kier molecular flexibility index (Phi) is 14.9. The third kappa shape index (κ3) is 12.9. The molecule has 0 atom stereocenters. The second-order valence-corrected chi connectivity index (χ2v) is 7.25. The molecule has 1 aromatic carbocycles. The second kappa shape index (κ2) is 17.1. The summed E-state index contributed by atoms with van der Waals surface area (Å²) in [7, 11) is 0. The van der Waals surface area contributed by atoms with E-state index in [1.165, 1.54) is 83.5 Å². The average Bonchev–Trinajstić information content (AvgIpc) is 2.68. The third-order valence-electron chi connectivity index (χ3n) is 4.81. The Morgan fingerprint density at radius 2 is 1.19 bits per heavy atom. The van der Waals surface area contributed by atoms with Gasteiger partial charge in [0.15, 0.2) is 0 Å². The van der Waals surface area contributed by atoms with Crippen LogP contribution >= 0.6 is 0 Å². The third-order valence-corrected chi connectivity index (χ3v) is 4.81. The first-order valence-corrected chi connectivity index (χ1v) is 10.8. The highest BCUT2D eigenvalue weighted by molar-refractivity contribution is 5.89. The fourth-order valence-electron chi connectivity index (χ4n) is 3.14. The molecule has 0 aliphatic rings. The molecule has 0 amide bonds. The summed E-state index contributed by atoms with van der Waals surface area (Å²) in [6.07, 6.45) is 18.9. The summed E-state index contributed by atoms with van der Waals surface area (Å²) < 4.78 is 0. The first-order chi connectivity index (χ1) is 12.8. The van der Waals surface area contributed by atoms with Gasteiger partial charge in [-0.1, -0.05) is 109 Å². The van der Waals surface area contributed by atoms with E-state index in [2.05, 4.69) is 12.4 Å². The molecular weight excluding hydrogens is 322 g/mol. The Bertz CT molecular complexity index is 433. The van der Waals surface area contributed by atoms with E-state index in [1.54, 1.807) is 12.1 Å². The van der Waals surface area contributed by atoms with Gasteiger partial charge in [-0.2, -0.15) is 5.48 Å². The average molecular weight is 362 g/mol. The normalized spacial score (nSPS) is 10.8. The minimum atomic E-state index is -0.309. The zero-order valence-corrected chi connectivity index (χ0v) is 16.8. The van der Waals surface area contributed by atoms with Crippen LogP contribution in [0, 0.1) is 0 Å². The molecule has 0 fully saturated rings. The van der Waals surface area contributed by atoms with Crippen molar-refractivity contribution in [1.29, 1.82) is 0 Å². The number of carbonyl (C=O) groups is 1. The topological polar surface area (TPSA) is 38.3 Å². The molecule has 148 valence electrons. The van der Waals surface area contributed by atoms with Gasteiger partial charge in [0.05, 0.1) is 5.56 Å². The van der Waals surface area contributed by atoms with Crippen molar-refractivity contribution in [3.8, 4) is 0 Å². The van der Waals surface area contributed by atoms with Crippen molar-refractivity contribution in [2.45, 2.75) is 96.8 Å². The number of unbranched alkanes of at least 4 members (excludes halogenated alkanes) is 13. The molecule has 0 saturated heterocycles. The van der Waals surface area contributed by atoms with Crippen molar-refractivity contribution in [2.24, 2.45) is 0 Å².